The molecule has 3 aliphatic rings. The van der Waals surface area contributed by atoms with Crippen LogP contribution in [0, 0.1) is 11.7 Å². The van der Waals surface area contributed by atoms with E-state index in [1.54, 1.807) is 40.9 Å². The van der Waals surface area contributed by atoms with E-state index < -0.39 is 0 Å². The standard InChI is InChI=1S/C21H25FN2O2S/c1-23-17-12-15(20(25)24-10-4-5-11-24)8-9-18(17)27-19(21(23)26)13-14-6-2-3-7-16(14)22/h2-3,6-7,13,15,17-18H,4-5,8-12H2,1H3/b19-13-. The maximum absolute atomic E-state index is 14.0. The molecule has 2 amide bonds. The summed E-state index contributed by atoms with van der Waals surface area (Å²) in [4.78, 5) is 30.0. The lowest BCUT2D eigenvalue weighted by Crippen LogP contribution is -2.52. The first kappa shape index (κ1) is 18.5. The van der Waals surface area contributed by atoms with E-state index in [0.29, 0.717) is 10.5 Å². The minimum absolute atomic E-state index is 0.0253. The van der Waals surface area contributed by atoms with E-state index in [0.717, 1.165) is 45.2 Å². The average molecular weight is 389 g/mol. The third-order valence-electron chi connectivity index (χ3n) is 6.02. The molecule has 3 fully saturated rings. The number of likely N-dealkylation sites (N-methyl/N-ethyl adjacent to an activating group) is 1. The molecule has 2 heterocycles. The Balaban J connectivity index is 1.49. The molecule has 0 bridgehead atoms. The molecule has 2 saturated heterocycles. The molecule has 2 aliphatic heterocycles. The van der Waals surface area contributed by atoms with Crippen molar-refractivity contribution in [1.82, 2.24) is 9.80 Å². The van der Waals surface area contributed by atoms with Gasteiger partial charge in [-0.3, -0.25) is 9.59 Å². The number of thioether (sulfide) groups is 1. The second kappa shape index (κ2) is 7.66. The molecule has 1 aromatic carbocycles. The number of benzene rings is 1. The van der Waals surface area contributed by atoms with Crippen LogP contribution in [-0.2, 0) is 9.59 Å². The van der Waals surface area contributed by atoms with E-state index in [-0.39, 0.29) is 34.8 Å². The largest absolute Gasteiger partial charge is 0.342 e. The van der Waals surface area contributed by atoms with Crippen LogP contribution < -0.4 is 0 Å². The fourth-order valence-electron chi connectivity index (χ4n) is 4.45. The lowest BCUT2D eigenvalue weighted by molar-refractivity contribution is -0.138. The van der Waals surface area contributed by atoms with Gasteiger partial charge in [-0.2, -0.15) is 0 Å². The summed E-state index contributed by atoms with van der Waals surface area (Å²) in [5, 5.41) is 0.272. The second-order valence-electron chi connectivity index (χ2n) is 7.71. The number of halogens is 1. The van der Waals surface area contributed by atoms with Crippen molar-refractivity contribution in [3.05, 3.63) is 40.6 Å². The van der Waals surface area contributed by atoms with Crippen LogP contribution in [0.5, 0.6) is 0 Å². The Bertz CT molecular complexity index is 775. The van der Waals surface area contributed by atoms with Crippen molar-refractivity contribution in [2.45, 2.75) is 43.4 Å². The predicted octanol–water partition coefficient (Wildman–Crippen LogP) is 3.53. The topological polar surface area (TPSA) is 40.6 Å². The molecule has 6 heteroatoms. The number of rotatable bonds is 2. The summed E-state index contributed by atoms with van der Waals surface area (Å²) in [7, 11) is 1.82. The molecule has 4 rings (SSSR count). The first-order chi connectivity index (χ1) is 13.0. The minimum atomic E-state index is -0.317. The highest BCUT2D eigenvalue weighted by Gasteiger charge is 2.43. The van der Waals surface area contributed by atoms with E-state index >= 15 is 0 Å². The van der Waals surface area contributed by atoms with Gasteiger partial charge in [0.2, 0.25) is 5.91 Å². The Morgan fingerprint density at radius 1 is 1.22 bits per heavy atom. The number of hydrogen-bond acceptors (Lipinski definition) is 3. The van der Waals surface area contributed by atoms with Crippen LogP contribution in [-0.4, -0.2) is 53.0 Å². The van der Waals surface area contributed by atoms with Crippen molar-refractivity contribution in [3.8, 4) is 0 Å². The number of amides is 2. The van der Waals surface area contributed by atoms with Crippen molar-refractivity contribution in [2.75, 3.05) is 20.1 Å². The van der Waals surface area contributed by atoms with Crippen molar-refractivity contribution in [3.63, 3.8) is 0 Å². The summed E-state index contributed by atoms with van der Waals surface area (Å²) >= 11 is 1.56. The Hall–Kier alpha value is -1.82. The summed E-state index contributed by atoms with van der Waals surface area (Å²) < 4.78 is 14.0. The van der Waals surface area contributed by atoms with Gasteiger partial charge in [0.1, 0.15) is 5.82 Å². The van der Waals surface area contributed by atoms with Crippen LogP contribution in [0.2, 0.25) is 0 Å². The third-order valence-corrected chi connectivity index (χ3v) is 7.42. The molecule has 0 aromatic heterocycles. The Morgan fingerprint density at radius 2 is 1.96 bits per heavy atom. The molecule has 144 valence electrons. The number of likely N-dealkylation sites (tertiary alicyclic amines) is 1. The molecular weight excluding hydrogens is 363 g/mol. The molecule has 0 radical (unpaired) electrons. The van der Waals surface area contributed by atoms with Gasteiger partial charge >= 0.3 is 0 Å². The van der Waals surface area contributed by atoms with Gasteiger partial charge < -0.3 is 9.80 Å². The highest BCUT2D eigenvalue weighted by Crippen LogP contribution is 2.43. The number of carbonyl (C=O) groups excluding carboxylic acids is 2. The van der Waals surface area contributed by atoms with Gasteiger partial charge in [-0.1, -0.05) is 18.2 Å². The van der Waals surface area contributed by atoms with Crippen molar-refractivity contribution < 1.29 is 14.0 Å². The zero-order valence-corrected chi connectivity index (χ0v) is 16.4. The Morgan fingerprint density at radius 3 is 2.70 bits per heavy atom. The van der Waals surface area contributed by atoms with Crippen LogP contribution in [0.15, 0.2) is 29.2 Å². The average Bonchev–Trinajstić information content (AvgIpc) is 3.21. The monoisotopic (exact) mass is 388 g/mol. The van der Waals surface area contributed by atoms with E-state index in [1.807, 2.05) is 11.9 Å². The maximum atomic E-state index is 14.0. The molecule has 4 nitrogen and oxygen atoms in total. The number of hydrogen-bond donors (Lipinski definition) is 0. The fraction of sp³-hybridized carbons (Fsp3) is 0.524. The van der Waals surface area contributed by atoms with E-state index in [4.69, 9.17) is 0 Å². The van der Waals surface area contributed by atoms with Gasteiger partial charge in [-0.05, 0) is 44.2 Å². The third kappa shape index (κ3) is 3.64. The van der Waals surface area contributed by atoms with Gasteiger partial charge in [-0.25, -0.2) is 4.39 Å². The van der Waals surface area contributed by atoms with Crippen LogP contribution in [0.4, 0.5) is 4.39 Å². The van der Waals surface area contributed by atoms with Crippen molar-refractivity contribution in [1.29, 1.82) is 0 Å². The first-order valence-corrected chi connectivity index (χ1v) is 10.6. The Kier molecular flexibility index (Phi) is 5.26. The SMILES string of the molecule is CN1C(=O)/C(=C/c2ccccc2F)SC2CCC(C(=O)N3CCCC3)CC21. The fourth-order valence-corrected chi connectivity index (χ4v) is 5.92. The van der Waals surface area contributed by atoms with Gasteiger partial charge in [0.05, 0.1) is 4.91 Å². The molecule has 3 atom stereocenters. The van der Waals surface area contributed by atoms with Crippen molar-refractivity contribution in [2.24, 2.45) is 5.92 Å². The molecule has 0 spiro atoms. The van der Waals surface area contributed by atoms with E-state index in [1.165, 1.54) is 6.07 Å². The second-order valence-corrected chi connectivity index (χ2v) is 8.99. The molecule has 3 unspecified atom stereocenters. The molecule has 1 aliphatic carbocycles. The van der Waals surface area contributed by atoms with Crippen LogP contribution in [0.3, 0.4) is 0 Å². The lowest BCUT2D eigenvalue weighted by Gasteiger charge is -2.44. The maximum Gasteiger partial charge on any atom is 0.260 e. The van der Waals surface area contributed by atoms with Gasteiger partial charge in [0.15, 0.2) is 0 Å². The Labute approximate surface area is 163 Å². The van der Waals surface area contributed by atoms with Gasteiger partial charge in [0, 0.05) is 42.9 Å². The predicted molar refractivity (Wildman–Crippen MR) is 105 cm³/mol. The highest BCUT2D eigenvalue weighted by molar-refractivity contribution is 8.04. The normalized spacial score (nSPS) is 29.9. The van der Waals surface area contributed by atoms with Crippen molar-refractivity contribution >= 4 is 29.7 Å². The zero-order valence-electron chi connectivity index (χ0n) is 15.6. The van der Waals surface area contributed by atoms with Gasteiger partial charge in [0.25, 0.3) is 5.91 Å². The molecule has 0 N–H and O–H groups in total. The number of fused-ring (bicyclic) bond motifs is 1. The molecule has 27 heavy (non-hydrogen) atoms. The van der Waals surface area contributed by atoms with Crippen LogP contribution in [0.1, 0.15) is 37.7 Å². The molecular formula is C21H25FN2O2S. The summed E-state index contributed by atoms with van der Waals surface area (Å²) in [6.07, 6.45) is 6.38. The highest BCUT2D eigenvalue weighted by atomic mass is 32.2. The minimum Gasteiger partial charge on any atom is -0.342 e. The summed E-state index contributed by atoms with van der Waals surface area (Å²) in [6, 6.07) is 6.59. The first-order valence-electron chi connectivity index (χ1n) is 9.73. The summed E-state index contributed by atoms with van der Waals surface area (Å²) in [5.74, 6) is -0.0938. The number of nitrogens with zero attached hydrogens (tertiary/aromatic N) is 2. The van der Waals surface area contributed by atoms with Gasteiger partial charge in [-0.15, -0.1) is 11.8 Å². The zero-order chi connectivity index (χ0) is 19.0. The molecule has 1 aromatic rings. The quantitative estimate of drug-likeness (QED) is 0.728. The number of carbonyl (C=O) groups is 2. The smallest absolute Gasteiger partial charge is 0.260 e. The van der Waals surface area contributed by atoms with E-state index in [9.17, 15) is 14.0 Å². The summed E-state index contributed by atoms with van der Waals surface area (Å²) in [5.41, 5.74) is 0.443. The summed E-state index contributed by atoms with van der Waals surface area (Å²) in [6.45, 7) is 1.75. The molecule has 1 saturated carbocycles. The van der Waals surface area contributed by atoms with Crippen LogP contribution in [0.25, 0.3) is 6.08 Å². The lowest BCUT2D eigenvalue weighted by atomic mass is 9.83. The van der Waals surface area contributed by atoms with E-state index in [2.05, 4.69) is 0 Å². The van der Waals surface area contributed by atoms with Crippen LogP contribution >= 0.6 is 11.8 Å².